The number of amides is 1. The first-order chi connectivity index (χ1) is 9.71. The Morgan fingerprint density at radius 3 is 2.80 bits per heavy atom. The van der Waals surface area contributed by atoms with Gasteiger partial charge in [0, 0.05) is 5.69 Å². The van der Waals surface area contributed by atoms with E-state index in [0.29, 0.717) is 12.3 Å². The number of carbonyl (C=O) groups is 1. The predicted molar refractivity (Wildman–Crippen MR) is 71.0 cm³/mol. The molecule has 0 bridgehead atoms. The van der Waals surface area contributed by atoms with Gasteiger partial charge < -0.3 is 10.1 Å². The molecular weight excluding hydrogens is 258 g/mol. The van der Waals surface area contributed by atoms with Crippen LogP contribution in [0, 0.1) is 11.3 Å². The highest BCUT2D eigenvalue weighted by Gasteiger charge is 2.06. The van der Waals surface area contributed by atoms with E-state index < -0.39 is 0 Å². The minimum absolute atomic E-state index is 0.00188. The standard InChI is InChI=1S/C13H13N5O2/c1-2-20-11-5-3-10(4-6-11)16-13(19)8-18-9-15-12(7-14)17-18/h3-6,9H,2,8H2,1H3,(H,16,19). The molecule has 0 fully saturated rings. The van der Waals surface area contributed by atoms with Crippen LogP contribution in [0.15, 0.2) is 30.6 Å². The summed E-state index contributed by atoms with van der Waals surface area (Å²) in [6.07, 6.45) is 1.34. The van der Waals surface area contributed by atoms with Crippen LogP contribution in [0.4, 0.5) is 5.69 Å². The van der Waals surface area contributed by atoms with Crippen molar-refractivity contribution in [2.24, 2.45) is 0 Å². The third-order valence-electron chi connectivity index (χ3n) is 2.39. The van der Waals surface area contributed by atoms with E-state index in [1.54, 1.807) is 30.3 Å². The Morgan fingerprint density at radius 2 is 2.20 bits per heavy atom. The van der Waals surface area contributed by atoms with E-state index in [2.05, 4.69) is 15.4 Å². The summed E-state index contributed by atoms with van der Waals surface area (Å²) < 4.78 is 6.62. The molecule has 2 aromatic rings. The van der Waals surface area contributed by atoms with Crippen molar-refractivity contribution in [3.05, 3.63) is 36.4 Å². The second kappa shape index (κ2) is 6.33. The van der Waals surface area contributed by atoms with Crippen LogP contribution in [-0.4, -0.2) is 27.3 Å². The first-order valence-electron chi connectivity index (χ1n) is 6.03. The van der Waals surface area contributed by atoms with Crippen molar-refractivity contribution < 1.29 is 9.53 Å². The summed E-state index contributed by atoms with van der Waals surface area (Å²) in [5.74, 6) is 0.544. The van der Waals surface area contributed by atoms with E-state index >= 15 is 0 Å². The average Bonchev–Trinajstić information content (AvgIpc) is 2.89. The van der Waals surface area contributed by atoms with Crippen molar-refractivity contribution in [3.63, 3.8) is 0 Å². The van der Waals surface area contributed by atoms with Crippen LogP contribution in [0.3, 0.4) is 0 Å². The summed E-state index contributed by atoms with van der Waals surface area (Å²) in [6, 6.07) is 8.87. The van der Waals surface area contributed by atoms with Gasteiger partial charge in [-0.1, -0.05) is 0 Å². The molecule has 0 atom stereocenters. The van der Waals surface area contributed by atoms with E-state index in [-0.39, 0.29) is 18.3 Å². The van der Waals surface area contributed by atoms with Crippen LogP contribution in [-0.2, 0) is 11.3 Å². The predicted octanol–water partition coefficient (Wildman–Crippen LogP) is 1.19. The summed E-state index contributed by atoms with van der Waals surface area (Å²) in [4.78, 5) is 15.5. The molecular formula is C13H13N5O2. The van der Waals surface area contributed by atoms with E-state index in [4.69, 9.17) is 10.00 Å². The molecule has 0 saturated carbocycles. The molecule has 0 radical (unpaired) electrons. The lowest BCUT2D eigenvalue weighted by Crippen LogP contribution is -2.19. The first kappa shape index (κ1) is 13.5. The Morgan fingerprint density at radius 1 is 1.45 bits per heavy atom. The maximum absolute atomic E-state index is 11.8. The lowest BCUT2D eigenvalue weighted by atomic mass is 10.3. The van der Waals surface area contributed by atoms with Crippen molar-refractivity contribution in [1.82, 2.24) is 14.8 Å². The molecule has 1 heterocycles. The van der Waals surface area contributed by atoms with Gasteiger partial charge in [0.2, 0.25) is 5.91 Å². The van der Waals surface area contributed by atoms with Crippen LogP contribution in [0.2, 0.25) is 0 Å². The molecule has 7 heteroatoms. The summed E-state index contributed by atoms with van der Waals surface area (Å²) in [6.45, 7) is 2.50. The lowest BCUT2D eigenvalue weighted by Gasteiger charge is -2.06. The highest BCUT2D eigenvalue weighted by molar-refractivity contribution is 5.90. The second-order valence-electron chi connectivity index (χ2n) is 3.88. The lowest BCUT2D eigenvalue weighted by molar-refractivity contribution is -0.116. The van der Waals surface area contributed by atoms with Crippen molar-refractivity contribution in [3.8, 4) is 11.8 Å². The number of rotatable bonds is 5. The number of hydrogen-bond donors (Lipinski definition) is 1. The number of ether oxygens (including phenoxy) is 1. The number of carbonyl (C=O) groups excluding carboxylic acids is 1. The maximum atomic E-state index is 11.8. The minimum Gasteiger partial charge on any atom is -0.494 e. The zero-order chi connectivity index (χ0) is 14.4. The van der Waals surface area contributed by atoms with Gasteiger partial charge in [0.1, 0.15) is 24.7 Å². The Bertz CT molecular complexity index is 627. The molecule has 102 valence electrons. The summed E-state index contributed by atoms with van der Waals surface area (Å²) >= 11 is 0. The Kier molecular flexibility index (Phi) is 4.29. The molecule has 1 aromatic carbocycles. The van der Waals surface area contributed by atoms with Gasteiger partial charge in [0.25, 0.3) is 5.82 Å². The number of hydrogen-bond acceptors (Lipinski definition) is 5. The fraction of sp³-hybridized carbons (Fsp3) is 0.231. The smallest absolute Gasteiger partial charge is 0.252 e. The molecule has 2 rings (SSSR count). The number of nitriles is 1. The highest BCUT2D eigenvalue weighted by atomic mass is 16.5. The first-order valence-corrected chi connectivity index (χ1v) is 6.03. The molecule has 1 N–H and O–H groups in total. The van der Waals surface area contributed by atoms with Crippen molar-refractivity contribution in [1.29, 1.82) is 5.26 Å². The average molecular weight is 271 g/mol. The van der Waals surface area contributed by atoms with Crippen molar-refractivity contribution in [2.45, 2.75) is 13.5 Å². The Labute approximate surface area is 115 Å². The van der Waals surface area contributed by atoms with Crippen LogP contribution < -0.4 is 10.1 Å². The number of nitrogens with zero attached hydrogens (tertiary/aromatic N) is 4. The molecule has 0 saturated heterocycles. The number of benzene rings is 1. The monoisotopic (exact) mass is 271 g/mol. The van der Waals surface area contributed by atoms with Gasteiger partial charge in [-0.05, 0) is 31.2 Å². The second-order valence-corrected chi connectivity index (χ2v) is 3.88. The Hall–Kier alpha value is -2.88. The summed E-state index contributed by atoms with van der Waals surface area (Å²) in [5, 5.41) is 15.1. The van der Waals surface area contributed by atoms with E-state index in [9.17, 15) is 4.79 Å². The van der Waals surface area contributed by atoms with Gasteiger partial charge in [-0.2, -0.15) is 5.26 Å². The van der Waals surface area contributed by atoms with Crippen LogP contribution >= 0.6 is 0 Å². The molecule has 1 aromatic heterocycles. The molecule has 0 aliphatic carbocycles. The van der Waals surface area contributed by atoms with Gasteiger partial charge in [0.15, 0.2) is 0 Å². The van der Waals surface area contributed by atoms with Crippen molar-refractivity contribution in [2.75, 3.05) is 11.9 Å². The molecule has 1 amide bonds. The zero-order valence-corrected chi connectivity index (χ0v) is 10.9. The molecule has 0 unspecified atom stereocenters. The number of nitrogens with one attached hydrogen (secondary N) is 1. The summed E-state index contributed by atoms with van der Waals surface area (Å²) in [5.41, 5.74) is 0.666. The van der Waals surface area contributed by atoms with Gasteiger partial charge >= 0.3 is 0 Å². The third kappa shape index (κ3) is 3.55. The highest BCUT2D eigenvalue weighted by Crippen LogP contribution is 2.15. The molecule has 0 spiro atoms. The quantitative estimate of drug-likeness (QED) is 0.881. The maximum Gasteiger partial charge on any atom is 0.252 e. The Balaban J connectivity index is 1.92. The molecule has 0 aliphatic rings. The topological polar surface area (TPSA) is 92.8 Å². The van der Waals surface area contributed by atoms with Crippen LogP contribution in [0.1, 0.15) is 12.7 Å². The van der Waals surface area contributed by atoms with Gasteiger partial charge in [-0.3, -0.25) is 4.79 Å². The van der Waals surface area contributed by atoms with Crippen molar-refractivity contribution >= 4 is 11.6 Å². The van der Waals surface area contributed by atoms with Crippen LogP contribution in [0.5, 0.6) is 5.75 Å². The number of aromatic nitrogens is 3. The minimum atomic E-state index is -0.247. The van der Waals surface area contributed by atoms with Gasteiger partial charge in [-0.15, -0.1) is 5.10 Å². The molecule has 20 heavy (non-hydrogen) atoms. The largest absolute Gasteiger partial charge is 0.494 e. The number of anilines is 1. The van der Waals surface area contributed by atoms with Gasteiger partial charge in [-0.25, -0.2) is 9.67 Å². The fourth-order valence-corrected chi connectivity index (χ4v) is 1.57. The molecule has 7 nitrogen and oxygen atoms in total. The van der Waals surface area contributed by atoms with Crippen LogP contribution in [0.25, 0.3) is 0 Å². The molecule has 0 aliphatic heterocycles. The summed E-state index contributed by atoms with van der Waals surface area (Å²) in [7, 11) is 0. The third-order valence-corrected chi connectivity index (χ3v) is 2.39. The van der Waals surface area contributed by atoms with E-state index in [1.165, 1.54) is 11.0 Å². The van der Waals surface area contributed by atoms with E-state index in [1.807, 2.05) is 6.92 Å². The fourth-order valence-electron chi connectivity index (χ4n) is 1.57. The normalized spacial score (nSPS) is 9.80. The SMILES string of the molecule is CCOc1ccc(NC(=O)Cn2cnc(C#N)n2)cc1. The zero-order valence-electron chi connectivity index (χ0n) is 10.9. The van der Waals surface area contributed by atoms with Gasteiger partial charge in [0.05, 0.1) is 6.61 Å². The van der Waals surface area contributed by atoms with E-state index in [0.717, 1.165) is 5.75 Å².